The van der Waals surface area contributed by atoms with Crippen LogP contribution < -0.4 is 11.1 Å². The highest BCUT2D eigenvalue weighted by molar-refractivity contribution is 7.17. The zero-order chi connectivity index (χ0) is 11.4. The van der Waals surface area contributed by atoms with E-state index < -0.39 is 4.92 Å². The molecule has 1 rings (SSSR count). The molecule has 0 spiro atoms. The molecule has 7 heteroatoms. The number of nitro groups is 1. The fourth-order valence-corrected chi connectivity index (χ4v) is 1.63. The van der Waals surface area contributed by atoms with Crippen LogP contribution in [0.5, 0.6) is 0 Å². The standard InChI is InChI=1S/C8H11N3O3S/c1-5(4-9)10-8(12)6-2-3-7(15-6)11(13)14/h2-3,5H,4,9H2,1H3,(H,10,12)/t5-/m1/s1. The third-order valence-corrected chi connectivity index (χ3v) is 2.76. The number of carbonyl (C=O) groups is 1. The largest absolute Gasteiger partial charge is 0.348 e. The van der Waals surface area contributed by atoms with Crippen molar-refractivity contribution in [2.75, 3.05) is 6.54 Å². The van der Waals surface area contributed by atoms with Crippen LogP contribution in [-0.4, -0.2) is 23.4 Å². The first-order valence-electron chi connectivity index (χ1n) is 4.29. The van der Waals surface area contributed by atoms with Gasteiger partial charge in [0.15, 0.2) is 0 Å². The maximum atomic E-state index is 11.5. The minimum absolute atomic E-state index is 0.0412. The molecular weight excluding hydrogens is 218 g/mol. The first-order valence-corrected chi connectivity index (χ1v) is 5.11. The average Bonchev–Trinajstić information content (AvgIpc) is 2.66. The molecule has 1 aromatic heterocycles. The van der Waals surface area contributed by atoms with Gasteiger partial charge in [0.2, 0.25) is 0 Å². The Morgan fingerprint density at radius 2 is 2.40 bits per heavy atom. The van der Waals surface area contributed by atoms with Crippen LogP contribution in [0.4, 0.5) is 5.00 Å². The van der Waals surface area contributed by atoms with Crippen molar-refractivity contribution in [3.05, 3.63) is 27.1 Å². The lowest BCUT2D eigenvalue weighted by molar-refractivity contribution is -0.380. The normalized spacial score (nSPS) is 12.1. The van der Waals surface area contributed by atoms with Crippen molar-refractivity contribution in [1.82, 2.24) is 5.32 Å². The van der Waals surface area contributed by atoms with Crippen LogP contribution in [0, 0.1) is 10.1 Å². The van der Waals surface area contributed by atoms with E-state index in [1.54, 1.807) is 6.92 Å². The summed E-state index contributed by atoms with van der Waals surface area (Å²) in [5.74, 6) is -0.328. The van der Waals surface area contributed by atoms with Gasteiger partial charge in [-0.05, 0) is 13.0 Å². The summed E-state index contributed by atoms with van der Waals surface area (Å²) >= 11 is 0.850. The molecule has 0 unspecified atom stereocenters. The summed E-state index contributed by atoms with van der Waals surface area (Å²) in [6.07, 6.45) is 0. The molecule has 0 aromatic carbocycles. The van der Waals surface area contributed by atoms with Crippen LogP contribution in [0.2, 0.25) is 0 Å². The highest BCUT2D eigenvalue weighted by Crippen LogP contribution is 2.23. The van der Waals surface area contributed by atoms with Crippen LogP contribution in [0.1, 0.15) is 16.6 Å². The van der Waals surface area contributed by atoms with E-state index in [9.17, 15) is 14.9 Å². The van der Waals surface area contributed by atoms with E-state index in [1.807, 2.05) is 0 Å². The number of carbonyl (C=O) groups excluding carboxylic acids is 1. The van der Waals surface area contributed by atoms with E-state index in [-0.39, 0.29) is 17.0 Å². The van der Waals surface area contributed by atoms with E-state index in [4.69, 9.17) is 5.73 Å². The molecule has 0 bridgehead atoms. The molecular formula is C8H11N3O3S. The highest BCUT2D eigenvalue weighted by atomic mass is 32.1. The molecule has 0 aliphatic rings. The molecule has 15 heavy (non-hydrogen) atoms. The molecule has 3 N–H and O–H groups in total. The monoisotopic (exact) mass is 229 g/mol. The van der Waals surface area contributed by atoms with Crippen LogP contribution in [-0.2, 0) is 0 Å². The molecule has 0 saturated carbocycles. The van der Waals surface area contributed by atoms with Gasteiger partial charge in [0.05, 0.1) is 9.80 Å². The van der Waals surface area contributed by atoms with Crippen LogP contribution in [0.3, 0.4) is 0 Å². The Labute approximate surface area is 90.2 Å². The van der Waals surface area contributed by atoms with Crippen molar-refractivity contribution < 1.29 is 9.72 Å². The maximum Gasteiger partial charge on any atom is 0.324 e. The number of hydrogen-bond donors (Lipinski definition) is 2. The van der Waals surface area contributed by atoms with Crippen molar-refractivity contribution >= 4 is 22.2 Å². The molecule has 0 radical (unpaired) electrons. The second-order valence-corrected chi connectivity index (χ2v) is 4.07. The molecule has 82 valence electrons. The quantitative estimate of drug-likeness (QED) is 0.587. The summed E-state index contributed by atoms with van der Waals surface area (Å²) < 4.78 is 0. The van der Waals surface area contributed by atoms with E-state index in [0.717, 1.165) is 11.3 Å². The predicted octanol–water partition coefficient (Wildman–Crippen LogP) is 0.733. The third-order valence-electron chi connectivity index (χ3n) is 1.73. The topological polar surface area (TPSA) is 98.3 Å². The van der Waals surface area contributed by atoms with E-state index >= 15 is 0 Å². The van der Waals surface area contributed by atoms with E-state index in [0.29, 0.717) is 11.4 Å². The Balaban J connectivity index is 2.70. The number of nitrogens with two attached hydrogens (primary N) is 1. The van der Waals surface area contributed by atoms with Crippen molar-refractivity contribution in [1.29, 1.82) is 0 Å². The van der Waals surface area contributed by atoms with Crippen LogP contribution in [0.25, 0.3) is 0 Å². The Hall–Kier alpha value is -1.47. The van der Waals surface area contributed by atoms with Gasteiger partial charge < -0.3 is 11.1 Å². The second-order valence-electron chi connectivity index (χ2n) is 3.01. The summed E-state index contributed by atoms with van der Waals surface area (Å²) in [7, 11) is 0. The number of nitrogens with zero attached hydrogens (tertiary/aromatic N) is 1. The first-order chi connectivity index (χ1) is 7.04. The van der Waals surface area contributed by atoms with Gasteiger partial charge in [-0.1, -0.05) is 11.3 Å². The van der Waals surface area contributed by atoms with Crippen molar-refractivity contribution in [2.24, 2.45) is 5.73 Å². The lowest BCUT2D eigenvalue weighted by Crippen LogP contribution is -2.37. The van der Waals surface area contributed by atoms with Crippen molar-refractivity contribution in [3.63, 3.8) is 0 Å². The van der Waals surface area contributed by atoms with Gasteiger partial charge in [0.1, 0.15) is 0 Å². The second kappa shape index (κ2) is 4.85. The third kappa shape index (κ3) is 3.00. The Morgan fingerprint density at radius 1 is 1.73 bits per heavy atom. The van der Waals surface area contributed by atoms with Gasteiger partial charge >= 0.3 is 5.00 Å². The summed E-state index contributed by atoms with van der Waals surface area (Å²) in [5, 5.41) is 13.0. The summed E-state index contributed by atoms with van der Waals surface area (Å²) in [6, 6.07) is 2.60. The smallest absolute Gasteiger partial charge is 0.324 e. The molecule has 0 saturated heterocycles. The van der Waals surface area contributed by atoms with E-state index in [1.165, 1.54) is 12.1 Å². The predicted molar refractivity (Wildman–Crippen MR) is 57.0 cm³/mol. The van der Waals surface area contributed by atoms with Crippen LogP contribution in [0.15, 0.2) is 12.1 Å². The lowest BCUT2D eigenvalue weighted by atomic mass is 10.3. The molecule has 0 aliphatic heterocycles. The zero-order valence-corrected chi connectivity index (χ0v) is 8.91. The van der Waals surface area contributed by atoms with Crippen molar-refractivity contribution in [2.45, 2.75) is 13.0 Å². The van der Waals surface area contributed by atoms with E-state index in [2.05, 4.69) is 5.32 Å². The minimum atomic E-state index is -0.520. The molecule has 1 atom stereocenters. The molecule has 1 heterocycles. The molecule has 6 nitrogen and oxygen atoms in total. The fourth-order valence-electron chi connectivity index (χ4n) is 0.902. The Morgan fingerprint density at radius 3 is 2.87 bits per heavy atom. The number of hydrogen-bond acceptors (Lipinski definition) is 5. The summed E-state index contributed by atoms with van der Waals surface area (Å²) in [4.78, 5) is 21.7. The van der Waals surface area contributed by atoms with Gasteiger partial charge in [-0.25, -0.2) is 0 Å². The van der Waals surface area contributed by atoms with Gasteiger partial charge in [-0.15, -0.1) is 0 Å². The van der Waals surface area contributed by atoms with Gasteiger partial charge in [-0.2, -0.15) is 0 Å². The van der Waals surface area contributed by atoms with Crippen LogP contribution >= 0.6 is 11.3 Å². The molecule has 0 aliphatic carbocycles. The lowest BCUT2D eigenvalue weighted by Gasteiger charge is -2.09. The number of amides is 1. The maximum absolute atomic E-state index is 11.5. The number of nitrogens with one attached hydrogen (secondary N) is 1. The zero-order valence-electron chi connectivity index (χ0n) is 8.10. The summed E-state index contributed by atoms with van der Waals surface area (Å²) in [5.41, 5.74) is 5.33. The SMILES string of the molecule is C[C@H](CN)NC(=O)c1ccc([N+](=O)[O-])s1. The average molecular weight is 229 g/mol. The fraction of sp³-hybridized carbons (Fsp3) is 0.375. The van der Waals surface area contributed by atoms with Gasteiger partial charge in [-0.3, -0.25) is 14.9 Å². The van der Waals surface area contributed by atoms with Gasteiger partial charge in [0, 0.05) is 18.7 Å². The Kier molecular flexibility index (Phi) is 3.75. The molecule has 0 fully saturated rings. The highest BCUT2D eigenvalue weighted by Gasteiger charge is 2.15. The van der Waals surface area contributed by atoms with Gasteiger partial charge in [0.25, 0.3) is 5.91 Å². The molecule has 1 aromatic rings. The van der Waals surface area contributed by atoms with Crippen molar-refractivity contribution in [3.8, 4) is 0 Å². The number of rotatable bonds is 4. The number of thiophene rings is 1. The Bertz CT molecular complexity index is 377. The molecule has 1 amide bonds. The first kappa shape index (κ1) is 11.6. The summed E-state index contributed by atoms with van der Waals surface area (Å²) in [6.45, 7) is 2.10. The minimum Gasteiger partial charge on any atom is -0.348 e.